The predicted octanol–water partition coefficient (Wildman–Crippen LogP) is 2.25. The van der Waals surface area contributed by atoms with Gasteiger partial charge in [-0.15, -0.1) is 0 Å². The number of rotatable bonds is 5. The normalized spacial score (nSPS) is 22.3. The molecule has 1 aliphatic rings. The number of hydrogen-bond donors (Lipinski definition) is 1. The average molecular weight is 254 g/mol. The molecule has 1 aromatic carbocycles. The summed E-state index contributed by atoms with van der Waals surface area (Å²) in [5, 5.41) is 13.7. The highest BCUT2D eigenvalue weighted by Crippen LogP contribution is 2.29. The molecule has 0 heterocycles. The molecule has 1 saturated carbocycles. The summed E-state index contributed by atoms with van der Waals surface area (Å²) in [5.41, 5.74) is -0.265. The van der Waals surface area contributed by atoms with Crippen LogP contribution in [-0.2, 0) is 0 Å². The lowest BCUT2D eigenvalue weighted by atomic mass is 9.89. The quantitative estimate of drug-likeness (QED) is 0.646. The Morgan fingerprint density at radius 3 is 2.83 bits per heavy atom. The molecule has 1 fully saturated rings. The molecular formula is C12H15FN2O3. The monoisotopic (exact) mass is 254 g/mol. The van der Waals surface area contributed by atoms with Gasteiger partial charge in [-0.3, -0.25) is 10.1 Å². The van der Waals surface area contributed by atoms with Gasteiger partial charge in [-0.1, -0.05) is 6.92 Å². The number of non-ortho nitro benzene ring substituents is 1. The maximum absolute atomic E-state index is 13.5. The van der Waals surface area contributed by atoms with Gasteiger partial charge in [0.1, 0.15) is 6.10 Å². The molecule has 18 heavy (non-hydrogen) atoms. The van der Waals surface area contributed by atoms with Gasteiger partial charge in [0.25, 0.3) is 5.69 Å². The minimum absolute atomic E-state index is 0.00925. The van der Waals surface area contributed by atoms with Crippen LogP contribution in [0, 0.1) is 15.9 Å². The molecular weight excluding hydrogens is 239 g/mol. The molecule has 0 radical (unpaired) electrons. The number of hydrogen-bond acceptors (Lipinski definition) is 4. The van der Waals surface area contributed by atoms with E-state index in [1.54, 1.807) is 0 Å². The van der Waals surface area contributed by atoms with Gasteiger partial charge in [0, 0.05) is 12.1 Å². The highest BCUT2D eigenvalue weighted by molar-refractivity contribution is 5.37. The van der Waals surface area contributed by atoms with Crippen LogP contribution in [0.15, 0.2) is 18.2 Å². The Hall–Kier alpha value is -1.69. The summed E-state index contributed by atoms with van der Waals surface area (Å²) < 4.78 is 19.0. The highest BCUT2D eigenvalue weighted by Gasteiger charge is 2.30. The molecule has 0 spiro atoms. The summed E-state index contributed by atoms with van der Waals surface area (Å²) in [6.07, 6.45) is 1.67. The lowest BCUT2D eigenvalue weighted by Gasteiger charge is -2.35. The minimum atomic E-state index is -0.684. The first-order valence-corrected chi connectivity index (χ1v) is 5.94. The summed E-state index contributed by atoms with van der Waals surface area (Å²) in [6.45, 7) is 2.94. The van der Waals surface area contributed by atoms with Crippen LogP contribution in [0.25, 0.3) is 0 Å². The van der Waals surface area contributed by atoms with Gasteiger partial charge in [0.2, 0.25) is 0 Å². The number of ether oxygens (including phenoxy) is 1. The fraction of sp³-hybridized carbons (Fsp3) is 0.500. The number of nitro benzene ring substituents is 1. The van der Waals surface area contributed by atoms with Crippen molar-refractivity contribution in [2.24, 2.45) is 0 Å². The lowest BCUT2D eigenvalue weighted by molar-refractivity contribution is -0.385. The zero-order valence-corrected chi connectivity index (χ0v) is 10.1. The number of nitro groups is 1. The van der Waals surface area contributed by atoms with Crippen molar-refractivity contribution in [2.75, 3.05) is 6.54 Å². The van der Waals surface area contributed by atoms with Crippen molar-refractivity contribution in [3.05, 3.63) is 34.1 Å². The van der Waals surface area contributed by atoms with Crippen LogP contribution in [0.5, 0.6) is 5.75 Å². The first-order valence-electron chi connectivity index (χ1n) is 5.94. The van der Waals surface area contributed by atoms with Gasteiger partial charge in [-0.05, 0) is 25.5 Å². The van der Waals surface area contributed by atoms with E-state index in [0.29, 0.717) is 6.04 Å². The van der Waals surface area contributed by atoms with Crippen LogP contribution >= 0.6 is 0 Å². The van der Waals surface area contributed by atoms with Crippen molar-refractivity contribution in [2.45, 2.75) is 31.9 Å². The van der Waals surface area contributed by atoms with Gasteiger partial charge < -0.3 is 10.1 Å². The second-order valence-corrected chi connectivity index (χ2v) is 4.34. The largest absolute Gasteiger partial charge is 0.487 e. The lowest BCUT2D eigenvalue weighted by Crippen LogP contribution is -2.46. The third-order valence-electron chi connectivity index (χ3n) is 3.01. The zero-order valence-electron chi connectivity index (χ0n) is 10.1. The summed E-state index contributed by atoms with van der Waals surface area (Å²) in [5.74, 6) is -0.600. The fourth-order valence-corrected chi connectivity index (χ4v) is 2.00. The van der Waals surface area contributed by atoms with E-state index < -0.39 is 10.7 Å². The molecule has 1 aromatic rings. The van der Waals surface area contributed by atoms with E-state index in [-0.39, 0.29) is 17.5 Å². The number of nitrogens with one attached hydrogen (secondary N) is 1. The first-order chi connectivity index (χ1) is 8.60. The smallest absolute Gasteiger partial charge is 0.272 e. The van der Waals surface area contributed by atoms with E-state index in [1.165, 1.54) is 12.1 Å². The Balaban J connectivity index is 1.93. The van der Waals surface area contributed by atoms with Crippen LogP contribution in [0.3, 0.4) is 0 Å². The Kier molecular flexibility index (Phi) is 3.76. The molecule has 98 valence electrons. The Labute approximate surface area is 104 Å². The number of halogens is 1. The van der Waals surface area contributed by atoms with Gasteiger partial charge in [-0.25, -0.2) is 4.39 Å². The standard InChI is InChI=1S/C12H15FN2O3/c1-2-14-8-5-10(6-8)18-12-4-3-9(15(16)17)7-11(12)13/h3-4,7-8,10,14H,2,5-6H2,1H3. The van der Waals surface area contributed by atoms with Crippen molar-refractivity contribution in [1.29, 1.82) is 0 Å². The van der Waals surface area contributed by atoms with E-state index in [0.717, 1.165) is 25.5 Å². The van der Waals surface area contributed by atoms with Crippen LogP contribution in [0.2, 0.25) is 0 Å². The van der Waals surface area contributed by atoms with Crippen LogP contribution < -0.4 is 10.1 Å². The maximum atomic E-state index is 13.5. The van der Waals surface area contributed by atoms with Gasteiger partial charge in [-0.2, -0.15) is 0 Å². The van der Waals surface area contributed by atoms with Crippen LogP contribution in [-0.4, -0.2) is 23.6 Å². The van der Waals surface area contributed by atoms with Crippen LogP contribution in [0.4, 0.5) is 10.1 Å². The number of benzene rings is 1. The van der Waals surface area contributed by atoms with E-state index in [4.69, 9.17) is 4.74 Å². The molecule has 1 N–H and O–H groups in total. The average Bonchev–Trinajstić information content (AvgIpc) is 2.28. The minimum Gasteiger partial charge on any atom is -0.487 e. The second-order valence-electron chi connectivity index (χ2n) is 4.34. The number of nitrogens with zero attached hydrogens (tertiary/aromatic N) is 1. The topological polar surface area (TPSA) is 64.4 Å². The Bertz CT molecular complexity index is 447. The molecule has 0 aromatic heterocycles. The predicted molar refractivity (Wildman–Crippen MR) is 64.2 cm³/mol. The maximum Gasteiger partial charge on any atom is 0.272 e. The van der Waals surface area contributed by atoms with Crippen molar-refractivity contribution < 1.29 is 14.1 Å². The third kappa shape index (κ3) is 2.76. The highest BCUT2D eigenvalue weighted by atomic mass is 19.1. The van der Waals surface area contributed by atoms with Crippen molar-refractivity contribution in [1.82, 2.24) is 5.32 Å². The molecule has 2 rings (SSSR count). The molecule has 5 nitrogen and oxygen atoms in total. The van der Waals surface area contributed by atoms with Crippen LogP contribution in [0.1, 0.15) is 19.8 Å². The molecule has 0 unspecified atom stereocenters. The SMILES string of the molecule is CCNC1CC(Oc2ccc([N+](=O)[O-])cc2F)C1. The molecule has 6 heteroatoms. The van der Waals surface area contributed by atoms with E-state index >= 15 is 0 Å². The molecule has 0 saturated heterocycles. The molecule has 0 amide bonds. The summed E-state index contributed by atoms with van der Waals surface area (Å²) in [7, 11) is 0. The van der Waals surface area contributed by atoms with E-state index in [9.17, 15) is 14.5 Å². The molecule has 0 aliphatic heterocycles. The molecule has 0 bridgehead atoms. The fourth-order valence-electron chi connectivity index (χ4n) is 2.00. The third-order valence-corrected chi connectivity index (χ3v) is 3.01. The van der Waals surface area contributed by atoms with Gasteiger partial charge in [0.15, 0.2) is 11.6 Å². The van der Waals surface area contributed by atoms with Crippen molar-refractivity contribution >= 4 is 5.69 Å². The molecule has 0 atom stereocenters. The van der Waals surface area contributed by atoms with Crippen molar-refractivity contribution in [3.63, 3.8) is 0 Å². The first kappa shape index (κ1) is 12.8. The summed E-state index contributed by atoms with van der Waals surface area (Å²) in [6, 6.07) is 3.88. The Morgan fingerprint density at radius 2 is 2.28 bits per heavy atom. The summed E-state index contributed by atoms with van der Waals surface area (Å²) in [4.78, 5) is 9.83. The van der Waals surface area contributed by atoms with E-state index in [2.05, 4.69) is 5.32 Å². The second kappa shape index (κ2) is 5.30. The van der Waals surface area contributed by atoms with Gasteiger partial charge >= 0.3 is 0 Å². The Morgan fingerprint density at radius 1 is 1.56 bits per heavy atom. The zero-order chi connectivity index (χ0) is 13.1. The van der Waals surface area contributed by atoms with Crippen molar-refractivity contribution in [3.8, 4) is 5.75 Å². The summed E-state index contributed by atoms with van der Waals surface area (Å²) >= 11 is 0. The molecule has 1 aliphatic carbocycles. The van der Waals surface area contributed by atoms with Gasteiger partial charge in [0.05, 0.1) is 11.0 Å². The van der Waals surface area contributed by atoms with E-state index in [1.807, 2.05) is 6.92 Å².